The Kier molecular flexibility index (Phi) is 8.50. The summed E-state index contributed by atoms with van der Waals surface area (Å²) in [6.45, 7) is -0.479. The van der Waals surface area contributed by atoms with E-state index in [0.717, 1.165) is 29.2 Å². The number of anilines is 2. The number of halogens is 7. The molecule has 2 heterocycles. The van der Waals surface area contributed by atoms with Crippen molar-refractivity contribution in [3.63, 3.8) is 0 Å². The molecule has 1 fully saturated rings. The van der Waals surface area contributed by atoms with Gasteiger partial charge in [-0.1, -0.05) is 0 Å². The van der Waals surface area contributed by atoms with Gasteiger partial charge >= 0.3 is 12.1 Å². The number of rotatable bonds is 8. The summed E-state index contributed by atoms with van der Waals surface area (Å²) in [6.07, 6.45) is -6.18. The molecule has 4 rings (SSSR count). The van der Waals surface area contributed by atoms with Crippen molar-refractivity contribution in [3.8, 4) is 5.75 Å². The van der Waals surface area contributed by atoms with Crippen LogP contribution in [0.2, 0.25) is 0 Å². The molecule has 42 heavy (non-hydrogen) atoms. The number of carboxylic acid groups (broad SMARTS) is 1. The number of carboxylic acids is 1. The molecule has 0 aromatic heterocycles. The monoisotopic (exact) mass is 626 g/mol. The van der Waals surface area contributed by atoms with E-state index in [4.69, 9.17) is 4.74 Å². The van der Waals surface area contributed by atoms with Crippen molar-refractivity contribution < 1.29 is 53.8 Å². The van der Waals surface area contributed by atoms with Crippen LogP contribution in [0.5, 0.6) is 5.75 Å². The van der Waals surface area contributed by atoms with E-state index in [2.05, 4.69) is 0 Å². The van der Waals surface area contributed by atoms with Crippen LogP contribution in [0.4, 0.5) is 42.1 Å². The number of carbonyl (C=O) groups is 1. The number of hydrogen-bond donors (Lipinski definition) is 1. The molecule has 7 nitrogen and oxygen atoms in total. The molecular weight excluding hydrogens is 597 g/mol. The van der Waals surface area contributed by atoms with Crippen molar-refractivity contribution in [2.45, 2.75) is 60.6 Å². The third-order valence-electron chi connectivity index (χ3n) is 7.82. The summed E-state index contributed by atoms with van der Waals surface area (Å²) in [6, 6.07) is 5.14. The number of hydrogen-bond acceptors (Lipinski definition) is 6. The highest BCUT2D eigenvalue weighted by Crippen LogP contribution is 2.48. The summed E-state index contributed by atoms with van der Waals surface area (Å²) >= 11 is 0. The maximum absolute atomic E-state index is 15.7. The van der Waals surface area contributed by atoms with Gasteiger partial charge in [0.25, 0.3) is 0 Å². The molecule has 0 unspecified atom stereocenters. The van der Waals surface area contributed by atoms with E-state index in [9.17, 15) is 44.7 Å². The molecule has 2 aliphatic heterocycles. The highest BCUT2D eigenvalue weighted by atomic mass is 32.2. The summed E-state index contributed by atoms with van der Waals surface area (Å²) in [5.41, 5.74) is -6.54. The molecule has 0 radical (unpaired) electrons. The van der Waals surface area contributed by atoms with Gasteiger partial charge in [0.05, 0.1) is 16.1 Å². The van der Waals surface area contributed by atoms with Crippen molar-refractivity contribution in [2.24, 2.45) is 5.92 Å². The first-order chi connectivity index (χ1) is 19.4. The van der Waals surface area contributed by atoms with Crippen LogP contribution < -0.4 is 9.64 Å². The first kappa shape index (κ1) is 31.9. The highest BCUT2D eigenvalue weighted by molar-refractivity contribution is 7.92. The Bertz CT molecular complexity index is 1430. The van der Waals surface area contributed by atoms with Crippen LogP contribution in [0, 0.1) is 11.7 Å². The van der Waals surface area contributed by atoms with Crippen LogP contribution in [0.1, 0.15) is 38.2 Å². The van der Waals surface area contributed by atoms with Crippen LogP contribution >= 0.6 is 0 Å². The summed E-state index contributed by atoms with van der Waals surface area (Å²) in [4.78, 5) is 13.6. The maximum Gasteiger partial charge on any atom is 0.420 e. The standard InChI is InChI=1S/C27H29F7N2O5S/c1-25(30,31)10-8-16-14-36(18-6-4-17(28)5-7-18)20-12-19(27(32,33)34)21(13-22(20)42(39,40)23(16)29)41-15-26(24(37)38)9-3-11-35(26)2/h4-7,12-13,16,23H,3,8-11,14-15H2,1-2H3,(H,37,38)/t16-,23+,26+/m1/s1. The lowest BCUT2D eigenvalue weighted by Crippen LogP contribution is -2.53. The smallest absolute Gasteiger partial charge is 0.420 e. The molecule has 2 aliphatic rings. The molecule has 15 heteroatoms. The fourth-order valence-corrected chi connectivity index (χ4v) is 7.07. The number of likely N-dealkylation sites (N-methyl/N-ethyl adjacent to an activating group) is 1. The zero-order valence-electron chi connectivity index (χ0n) is 22.6. The van der Waals surface area contributed by atoms with Gasteiger partial charge in [-0.05, 0) is 70.1 Å². The van der Waals surface area contributed by atoms with Crippen molar-refractivity contribution >= 4 is 27.2 Å². The van der Waals surface area contributed by atoms with Gasteiger partial charge in [-0.3, -0.25) is 9.69 Å². The van der Waals surface area contributed by atoms with E-state index in [1.54, 1.807) is 0 Å². The predicted molar refractivity (Wildman–Crippen MR) is 138 cm³/mol. The molecule has 232 valence electrons. The van der Waals surface area contributed by atoms with Gasteiger partial charge in [0.2, 0.25) is 21.3 Å². The quantitative estimate of drug-likeness (QED) is 0.358. The average Bonchev–Trinajstić information content (AvgIpc) is 3.24. The van der Waals surface area contributed by atoms with Gasteiger partial charge in [0.15, 0.2) is 5.54 Å². The Morgan fingerprint density at radius 2 is 1.79 bits per heavy atom. The van der Waals surface area contributed by atoms with E-state index in [0.29, 0.717) is 32.0 Å². The van der Waals surface area contributed by atoms with Gasteiger partial charge < -0.3 is 14.7 Å². The van der Waals surface area contributed by atoms with E-state index in [1.165, 1.54) is 11.9 Å². The van der Waals surface area contributed by atoms with Gasteiger partial charge in [-0.15, -0.1) is 0 Å². The topological polar surface area (TPSA) is 87.2 Å². The number of alkyl halides is 6. The van der Waals surface area contributed by atoms with Gasteiger partial charge in [0, 0.05) is 30.6 Å². The number of fused-ring (bicyclic) bond motifs is 1. The Morgan fingerprint density at radius 3 is 2.31 bits per heavy atom. The molecule has 3 atom stereocenters. The molecule has 0 saturated carbocycles. The summed E-state index contributed by atoms with van der Waals surface area (Å²) in [5.74, 6) is -7.97. The van der Waals surface area contributed by atoms with Crippen LogP contribution in [0.3, 0.4) is 0 Å². The fraction of sp³-hybridized carbons (Fsp3) is 0.519. The predicted octanol–water partition coefficient (Wildman–Crippen LogP) is 6.04. The number of nitrogens with zero attached hydrogens (tertiary/aromatic N) is 2. The van der Waals surface area contributed by atoms with Crippen LogP contribution in [0.25, 0.3) is 0 Å². The minimum absolute atomic E-state index is 0.00517. The van der Waals surface area contributed by atoms with E-state index in [-0.39, 0.29) is 12.1 Å². The second-order valence-corrected chi connectivity index (χ2v) is 12.8. The highest BCUT2D eigenvalue weighted by Gasteiger charge is 2.49. The van der Waals surface area contributed by atoms with Gasteiger partial charge in [0.1, 0.15) is 18.2 Å². The third-order valence-corrected chi connectivity index (χ3v) is 9.74. The van der Waals surface area contributed by atoms with Crippen molar-refractivity contribution in [2.75, 3.05) is 31.6 Å². The number of sulfone groups is 1. The Morgan fingerprint density at radius 1 is 1.14 bits per heavy atom. The largest absolute Gasteiger partial charge is 0.490 e. The first-order valence-electron chi connectivity index (χ1n) is 13.0. The minimum Gasteiger partial charge on any atom is -0.490 e. The lowest BCUT2D eigenvalue weighted by molar-refractivity contribution is -0.151. The van der Waals surface area contributed by atoms with Crippen molar-refractivity contribution in [1.29, 1.82) is 0 Å². The number of aliphatic carboxylic acids is 1. The van der Waals surface area contributed by atoms with Crippen molar-refractivity contribution in [3.05, 3.63) is 47.8 Å². The molecule has 0 spiro atoms. The lowest BCUT2D eigenvalue weighted by Gasteiger charge is -2.32. The second kappa shape index (κ2) is 11.2. The Balaban J connectivity index is 1.89. The third kappa shape index (κ3) is 6.17. The Labute approximate surface area is 237 Å². The molecule has 0 amide bonds. The summed E-state index contributed by atoms with van der Waals surface area (Å²) in [5, 5.41) is 9.83. The van der Waals surface area contributed by atoms with Crippen molar-refractivity contribution in [1.82, 2.24) is 4.90 Å². The second-order valence-electron chi connectivity index (χ2n) is 10.8. The zero-order valence-corrected chi connectivity index (χ0v) is 23.4. The Hall–Kier alpha value is -3.07. The molecule has 0 bridgehead atoms. The summed E-state index contributed by atoms with van der Waals surface area (Å²) < 4.78 is 132. The normalized spacial score (nSPS) is 24.7. The number of benzene rings is 2. The SMILES string of the molecule is CN1CCC[C@]1(COc1cc2c(cc1C(F)(F)F)N(c1ccc(F)cc1)C[C@@H](CCC(C)(F)F)[C@@H](F)S2(=O)=O)C(=O)O. The molecule has 0 aliphatic carbocycles. The van der Waals surface area contributed by atoms with E-state index in [1.807, 2.05) is 0 Å². The maximum atomic E-state index is 15.7. The fourth-order valence-electron chi connectivity index (χ4n) is 5.37. The number of likely N-dealkylation sites (tertiary alicyclic amines) is 1. The van der Waals surface area contributed by atoms with Crippen LogP contribution in [0.15, 0.2) is 41.3 Å². The summed E-state index contributed by atoms with van der Waals surface area (Å²) in [7, 11) is -3.63. The average molecular weight is 627 g/mol. The minimum atomic E-state index is -5.13. The zero-order chi connectivity index (χ0) is 31.3. The lowest BCUT2D eigenvalue weighted by atomic mass is 9.98. The molecular formula is C27H29F7N2O5S. The van der Waals surface area contributed by atoms with Crippen LogP contribution in [-0.4, -0.2) is 68.1 Å². The first-order valence-corrected chi connectivity index (χ1v) is 14.5. The molecule has 1 saturated heterocycles. The van der Waals surface area contributed by atoms with E-state index >= 15 is 4.39 Å². The molecule has 2 aromatic carbocycles. The van der Waals surface area contributed by atoms with Gasteiger partial charge in [-0.2, -0.15) is 13.2 Å². The molecule has 1 N–H and O–H groups in total. The number of ether oxygens (including phenoxy) is 1. The van der Waals surface area contributed by atoms with E-state index < -0.39 is 98.6 Å². The van der Waals surface area contributed by atoms with Gasteiger partial charge in [-0.25, -0.2) is 26.0 Å². The molecule has 2 aromatic rings. The van der Waals surface area contributed by atoms with Crippen LogP contribution in [-0.2, 0) is 20.8 Å².